The first-order chi connectivity index (χ1) is 7.22. The van der Waals surface area contributed by atoms with Crippen LogP contribution in [0.2, 0.25) is 0 Å². The molecule has 0 aromatic carbocycles. The molecule has 0 aromatic heterocycles. The smallest absolute Gasteiger partial charge is 0.414 e. The number of aliphatic hydroxyl groups is 2. The van der Waals surface area contributed by atoms with Crippen molar-refractivity contribution in [1.29, 1.82) is 0 Å². The third-order valence-corrected chi connectivity index (χ3v) is 1.60. The lowest BCUT2D eigenvalue weighted by Crippen LogP contribution is -2.47. The van der Waals surface area contributed by atoms with Gasteiger partial charge in [0.25, 0.3) is 0 Å². The quantitative estimate of drug-likeness (QED) is 0.562. The summed E-state index contributed by atoms with van der Waals surface area (Å²) in [7, 11) is 0. The zero-order valence-corrected chi connectivity index (χ0v) is 9.88. The van der Waals surface area contributed by atoms with Crippen LogP contribution in [-0.4, -0.2) is 39.3 Å². The molecule has 0 aliphatic carbocycles. The minimum absolute atomic E-state index is 0.711. The maximum Gasteiger partial charge on any atom is 0.414 e. The molecule has 0 aliphatic heterocycles. The molecule has 2 atom stereocenters. The Kier molecular flexibility index (Phi) is 5.20. The molecule has 0 rings (SSSR count). The normalized spacial score (nSPS) is 14.8. The number of hydrogen-bond acceptors (Lipinski definition) is 4. The summed E-state index contributed by atoms with van der Waals surface area (Å²) in [6.45, 7) is 11.7. The van der Waals surface area contributed by atoms with Gasteiger partial charge in [0.05, 0.1) is 0 Å². The first-order valence-electron chi connectivity index (χ1n) is 4.85. The lowest BCUT2D eigenvalue weighted by atomic mass is 10.2. The molecule has 92 valence electrons. The summed E-state index contributed by atoms with van der Waals surface area (Å²) in [5.41, 5.74) is -0.711. The number of ether oxygens (including phenoxy) is 1. The van der Waals surface area contributed by atoms with Gasteiger partial charge in [0.1, 0.15) is 5.60 Å². The fourth-order valence-electron chi connectivity index (χ4n) is 0.914. The number of amides is 1. The topological polar surface area (TPSA) is 70.0 Å². The lowest BCUT2D eigenvalue weighted by Gasteiger charge is -2.31. The van der Waals surface area contributed by atoms with Crippen molar-refractivity contribution in [3.05, 3.63) is 25.3 Å². The van der Waals surface area contributed by atoms with Gasteiger partial charge in [-0.1, -0.05) is 13.2 Å². The molecule has 5 heteroatoms. The Balaban J connectivity index is 4.83. The molecule has 0 heterocycles. The summed E-state index contributed by atoms with van der Waals surface area (Å²) in [4.78, 5) is 12.4. The van der Waals surface area contributed by atoms with Crippen LogP contribution in [0.5, 0.6) is 0 Å². The molecule has 5 nitrogen and oxygen atoms in total. The molecule has 2 unspecified atom stereocenters. The second-order valence-electron chi connectivity index (χ2n) is 4.19. The van der Waals surface area contributed by atoms with Crippen LogP contribution in [0, 0.1) is 0 Å². The second-order valence-corrected chi connectivity index (χ2v) is 4.19. The first kappa shape index (κ1) is 14.7. The van der Waals surface area contributed by atoms with E-state index in [4.69, 9.17) is 4.74 Å². The van der Waals surface area contributed by atoms with E-state index in [9.17, 15) is 15.0 Å². The molecule has 0 spiro atoms. The fourth-order valence-corrected chi connectivity index (χ4v) is 0.914. The zero-order chi connectivity index (χ0) is 12.9. The monoisotopic (exact) mass is 229 g/mol. The summed E-state index contributed by atoms with van der Waals surface area (Å²) >= 11 is 0. The van der Waals surface area contributed by atoms with Crippen molar-refractivity contribution in [3.63, 3.8) is 0 Å². The van der Waals surface area contributed by atoms with Crippen molar-refractivity contribution in [2.45, 2.75) is 38.8 Å². The minimum atomic E-state index is -1.33. The Morgan fingerprint density at radius 2 is 1.62 bits per heavy atom. The van der Waals surface area contributed by atoms with E-state index in [1.54, 1.807) is 20.8 Å². The third-order valence-electron chi connectivity index (χ3n) is 1.60. The molecular weight excluding hydrogens is 210 g/mol. The van der Waals surface area contributed by atoms with Crippen molar-refractivity contribution < 1.29 is 19.7 Å². The summed E-state index contributed by atoms with van der Waals surface area (Å²) in [5, 5.41) is 19.0. The highest BCUT2D eigenvalue weighted by Gasteiger charge is 2.29. The van der Waals surface area contributed by atoms with Gasteiger partial charge in [-0.15, -0.1) is 0 Å². The van der Waals surface area contributed by atoms with Gasteiger partial charge < -0.3 is 14.9 Å². The number of nitrogens with zero attached hydrogens (tertiary/aromatic N) is 1. The summed E-state index contributed by atoms with van der Waals surface area (Å²) in [5.74, 6) is 0. The first-order valence-corrected chi connectivity index (χ1v) is 4.85. The Morgan fingerprint density at radius 3 is 1.88 bits per heavy atom. The third kappa shape index (κ3) is 4.46. The number of rotatable bonds is 4. The van der Waals surface area contributed by atoms with Gasteiger partial charge >= 0.3 is 6.09 Å². The van der Waals surface area contributed by atoms with Crippen molar-refractivity contribution in [1.82, 2.24) is 4.90 Å². The van der Waals surface area contributed by atoms with E-state index in [1.165, 1.54) is 0 Å². The molecule has 16 heavy (non-hydrogen) atoms. The molecule has 0 saturated heterocycles. The highest BCUT2D eigenvalue weighted by Crippen LogP contribution is 2.13. The number of hydrogen-bond donors (Lipinski definition) is 2. The van der Waals surface area contributed by atoms with Crippen molar-refractivity contribution in [3.8, 4) is 0 Å². The Bertz CT molecular complexity index is 256. The van der Waals surface area contributed by atoms with E-state index in [2.05, 4.69) is 13.2 Å². The fraction of sp³-hybridized carbons (Fsp3) is 0.545. The zero-order valence-electron chi connectivity index (χ0n) is 9.88. The maximum absolute atomic E-state index is 11.6. The van der Waals surface area contributed by atoms with Crippen LogP contribution in [0.1, 0.15) is 20.8 Å². The van der Waals surface area contributed by atoms with Crippen LogP contribution in [0.4, 0.5) is 4.79 Å². The Hall–Kier alpha value is -1.33. The van der Waals surface area contributed by atoms with Crippen molar-refractivity contribution in [2.24, 2.45) is 0 Å². The van der Waals surface area contributed by atoms with E-state index < -0.39 is 24.2 Å². The predicted molar refractivity (Wildman–Crippen MR) is 60.5 cm³/mol. The molecule has 0 radical (unpaired) electrons. The molecule has 1 amide bonds. The molecular formula is C11H19NO4. The number of aliphatic hydroxyl groups excluding tert-OH is 2. The van der Waals surface area contributed by atoms with Crippen LogP contribution in [0.25, 0.3) is 0 Å². The number of carbonyl (C=O) groups is 1. The van der Waals surface area contributed by atoms with Crippen LogP contribution in [0.15, 0.2) is 25.3 Å². The minimum Gasteiger partial charge on any atom is -0.444 e. The SMILES string of the molecule is C=CC(O)N(C(=O)OC(C)(C)C)C(O)C=C. The van der Waals surface area contributed by atoms with Gasteiger partial charge in [-0.3, -0.25) is 0 Å². The second kappa shape index (κ2) is 5.67. The van der Waals surface area contributed by atoms with Gasteiger partial charge in [0, 0.05) is 0 Å². The average Bonchev–Trinajstić information content (AvgIpc) is 2.14. The summed E-state index contributed by atoms with van der Waals surface area (Å²) in [6, 6.07) is 0. The van der Waals surface area contributed by atoms with Gasteiger partial charge in [0.2, 0.25) is 0 Å². The predicted octanol–water partition coefficient (Wildman–Crippen LogP) is 1.23. The highest BCUT2D eigenvalue weighted by atomic mass is 16.6. The van der Waals surface area contributed by atoms with Gasteiger partial charge in [-0.05, 0) is 32.9 Å². The maximum atomic E-state index is 11.6. The van der Waals surface area contributed by atoms with E-state index >= 15 is 0 Å². The molecule has 0 saturated carbocycles. The molecule has 2 N–H and O–H groups in total. The lowest BCUT2D eigenvalue weighted by molar-refractivity contribution is -0.0666. The van der Waals surface area contributed by atoms with Crippen LogP contribution in [0.3, 0.4) is 0 Å². The summed E-state index contributed by atoms with van der Waals surface area (Å²) in [6.07, 6.45) is -1.29. The standard InChI is InChI=1S/C11H19NO4/c1-6-8(13)12(9(14)7-2)10(15)16-11(3,4)5/h6-9,13-14H,1-2H2,3-5H3. The number of carbonyl (C=O) groups excluding carboxylic acids is 1. The van der Waals surface area contributed by atoms with E-state index in [0.717, 1.165) is 17.1 Å². The van der Waals surface area contributed by atoms with Crippen molar-refractivity contribution >= 4 is 6.09 Å². The highest BCUT2D eigenvalue weighted by molar-refractivity contribution is 5.69. The van der Waals surface area contributed by atoms with Crippen LogP contribution in [-0.2, 0) is 4.74 Å². The average molecular weight is 229 g/mol. The van der Waals surface area contributed by atoms with Crippen LogP contribution < -0.4 is 0 Å². The van der Waals surface area contributed by atoms with E-state index in [-0.39, 0.29) is 0 Å². The van der Waals surface area contributed by atoms with E-state index in [1.807, 2.05) is 0 Å². The molecule has 0 aliphatic rings. The van der Waals surface area contributed by atoms with Crippen molar-refractivity contribution in [2.75, 3.05) is 0 Å². The largest absolute Gasteiger partial charge is 0.444 e. The molecule has 0 aromatic rings. The van der Waals surface area contributed by atoms with Gasteiger partial charge in [-0.2, -0.15) is 0 Å². The van der Waals surface area contributed by atoms with Crippen LogP contribution >= 0.6 is 0 Å². The molecule has 0 bridgehead atoms. The van der Waals surface area contributed by atoms with Gasteiger partial charge in [-0.25, -0.2) is 9.69 Å². The Morgan fingerprint density at radius 1 is 1.25 bits per heavy atom. The summed E-state index contributed by atoms with van der Waals surface area (Å²) < 4.78 is 5.02. The van der Waals surface area contributed by atoms with Gasteiger partial charge in [0.15, 0.2) is 12.5 Å². The Labute approximate surface area is 95.6 Å². The molecule has 0 fully saturated rings. The van der Waals surface area contributed by atoms with E-state index in [0.29, 0.717) is 0 Å².